The van der Waals surface area contributed by atoms with Crippen LogP contribution in [0.25, 0.3) is 0 Å². The highest BCUT2D eigenvalue weighted by Crippen LogP contribution is 2.46. The highest BCUT2D eigenvalue weighted by atomic mass is 32.2. The molecule has 0 bridgehead atoms. The van der Waals surface area contributed by atoms with Gasteiger partial charge in [-0.25, -0.2) is 4.79 Å². The van der Waals surface area contributed by atoms with E-state index in [9.17, 15) is 9.59 Å². The SMILES string of the molecule is CC1(C)Sc2c(csc2C(=O)O)NC1=O. The summed E-state index contributed by atoms with van der Waals surface area (Å²) in [5.41, 5.74) is 0.617. The van der Waals surface area contributed by atoms with Crippen molar-refractivity contribution in [3.63, 3.8) is 0 Å². The topological polar surface area (TPSA) is 66.4 Å². The summed E-state index contributed by atoms with van der Waals surface area (Å²) in [6, 6.07) is 0. The molecule has 2 N–H and O–H groups in total. The average molecular weight is 243 g/mol. The molecule has 4 nitrogen and oxygen atoms in total. The van der Waals surface area contributed by atoms with Crippen molar-refractivity contribution < 1.29 is 14.7 Å². The monoisotopic (exact) mass is 243 g/mol. The zero-order valence-electron chi connectivity index (χ0n) is 8.16. The molecule has 0 fully saturated rings. The van der Waals surface area contributed by atoms with Crippen LogP contribution in [-0.4, -0.2) is 21.7 Å². The lowest BCUT2D eigenvalue weighted by Crippen LogP contribution is -2.36. The van der Waals surface area contributed by atoms with E-state index in [1.54, 1.807) is 19.2 Å². The highest BCUT2D eigenvalue weighted by Gasteiger charge is 2.37. The fourth-order valence-electron chi connectivity index (χ4n) is 1.26. The van der Waals surface area contributed by atoms with Crippen LogP contribution in [0.5, 0.6) is 0 Å². The molecular weight excluding hydrogens is 234 g/mol. The van der Waals surface area contributed by atoms with Crippen molar-refractivity contribution in [1.29, 1.82) is 0 Å². The summed E-state index contributed by atoms with van der Waals surface area (Å²) in [4.78, 5) is 23.5. The van der Waals surface area contributed by atoms with Crippen molar-refractivity contribution in [2.75, 3.05) is 5.32 Å². The molecule has 1 aromatic rings. The molecular formula is C9H9NO3S2. The van der Waals surface area contributed by atoms with Crippen LogP contribution in [0, 0.1) is 0 Å². The van der Waals surface area contributed by atoms with Crippen LogP contribution in [0.15, 0.2) is 10.3 Å². The predicted molar refractivity (Wildman–Crippen MR) is 59.8 cm³/mol. The Hall–Kier alpha value is -1.01. The maximum Gasteiger partial charge on any atom is 0.347 e. The first-order valence-electron chi connectivity index (χ1n) is 4.27. The van der Waals surface area contributed by atoms with Crippen molar-refractivity contribution in [1.82, 2.24) is 0 Å². The number of thiophene rings is 1. The summed E-state index contributed by atoms with van der Waals surface area (Å²) in [6.07, 6.45) is 0. The summed E-state index contributed by atoms with van der Waals surface area (Å²) < 4.78 is -0.613. The van der Waals surface area contributed by atoms with Gasteiger partial charge in [-0.3, -0.25) is 4.79 Å². The van der Waals surface area contributed by atoms with Gasteiger partial charge in [0.15, 0.2) is 0 Å². The minimum Gasteiger partial charge on any atom is -0.477 e. The Labute approximate surface area is 94.7 Å². The third kappa shape index (κ3) is 1.63. The second kappa shape index (κ2) is 3.24. The number of thioether (sulfide) groups is 1. The lowest BCUT2D eigenvalue weighted by molar-refractivity contribution is -0.117. The molecule has 2 heterocycles. The number of amides is 1. The molecule has 0 saturated carbocycles. The largest absolute Gasteiger partial charge is 0.477 e. The van der Waals surface area contributed by atoms with E-state index >= 15 is 0 Å². The summed E-state index contributed by atoms with van der Waals surface area (Å²) in [7, 11) is 0. The van der Waals surface area contributed by atoms with Gasteiger partial charge in [0.05, 0.1) is 15.3 Å². The number of carboxylic acid groups (broad SMARTS) is 1. The van der Waals surface area contributed by atoms with Crippen LogP contribution in [0.2, 0.25) is 0 Å². The molecule has 0 aliphatic carbocycles. The molecule has 0 radical (unpaired) electrons. The number of aromatic carboxylic acids is 1. The number of carbonyl (C=O) groups is 2. The molecule has 1 aliphatic rings. The van der Waals surface area contributed by atoms with E-state index in [0.29, 0.717) is 15.5 Å². The number of nitrogens with one attached hydrogen (secondary N) is 1. The van der Waals surface area contributed by atoms with E-state index in [1.807, 2.05) is 0 Å². The molecule has 0 unspecified atom stereocenters. The molecule has 0 atom stereocenters. The lowest BCUT2D eigenvalue weighted by Gasteiger charge is -2.28. The van der Waals surface area contributed by atoms with Gasteiger partial charge in [0.2, 0.25) is 5.91 Å². The summed E-state index contributed by atoms with van der Waals surface area (Å²) in [5.74, 6) is -1.03. The van der Waals surface area contributed by atoms with E-state index in [-0.39, 0.29) is 5.91 Å². The van der Waals surface area contributed by atoms with Crippen molar-refractivity contribution >= 4 is 40.7 Å². The molecule has 15 heavy (non-hydrogen) atoms. The van der Waals surface area contributed by atoms with Gasteiger partial charge < -0.3 is 10.4 Å². The van der Waals surface area contributed by atoms with Crippen molar-refractivity contribution in [2.24, 2.45) is 0 Å². The number of fused-ring (bicyclic) bond motifs is 1. The Balaban J connectivity index is 2.49. The molecule has 1 aliphatic heterocycles. The maximum absolute atomic E-state index is 11.6. The second-order valence-electron chi connectivity index (χ2n) is 3.68. The van der Waals surface area contributed by atoms with E-state index in [4.69, 9.17) is 5.11 Å². The maximum atomic E-state index is 11.6. The number of carboxylic acids is 1. The molecule has 2 rings (SSSR count). The van der Waals surface area contributed by atoms with Gasteiger partial charge in [-0.2, -0.15) is 0 Å². The second-order valence-corrected chi connectivity index (χ2v) is 6.19. The summed E-state index contributed by atoms with van der Waals surface area (Å²) in [6.45, 7) is 3.55. The van der Waals surface area contributed by atoms with Crippen molar-refractivity contribution in [2.45, 2.75) is 23.5 Å². The Kier molecular flexibility index (Phi) is 2.27. The average Bonchev–Trinajstić information content (AvgIpc) is 2.47. The fraction of sp³-hybridized carbons (Fsp3) is 0.333. The van der Waals surface area contributed by atoms with Crippen LogP contribution in [0.4, 0.5) is 5.69 Å². The summed E-state index contributed by atoms with van der Waals surface area (Å²) in [5, 5.41) is 13.3. The standard InChI is InChI=1S/C9H9NO3S2/c1-9(2)8(13)10-4-3-14-6(7(11)12)5(4)15-9/h3H,1-2H3,(H,10,13)(H,11,12). The number of hydrogen-bond acceptors (Lipinski definition) is 4. The molecule has 80 valence electrons. The number of hydrogen-bond donors (Lipinski definition) is 2. The fourth-order valence-corrected chi connectivity index (χ4v) is 3.38. The molecule has 0 spiro atoms. The van der Waals surface area contributed by atoms with Gasteiger partial charge in [-0.15, -0.1) is 23.1 Å². The van der Waals surface area contributed by atoms with Gasteiger partial charge in [0, 0.05) is 5.38 Å². The Morgan fingerprint density at radius 1 is 1.53 bits per heavy atom. The molecule has 1 amide bonds. The van der Waals surface area contributed by atoms with Gasteiger partial charge in [0.1, 0.15) is 4.88 Å². The molecule has 0 aromatic carbocycles. The normalized spacial score (nSPS) is 18.1. The molecule has 1 aromatic heterocycles. The number of carbonyl (C=O) groups excluding carboxylic acids is 1. The van der Waals surface area contributed by atoms with E-state index < -0.39 is 10.7 Å². The molecule has 0 saturated heterocycles. The third-order valence-electron chi connectivity index (χ3n) is 2.09. The van der Waals surface area contributed by atoms with Crippen LogP contribution in [-0.2, 0) is 4.79 Å². The molecule has 6 heteroatoms. The van der Waals surface area contributed by atoms with Gasteiger partial charge >= 0.3 is 5.97 Å². The quantitative estimate of drug-likeness (QED) is 0.794. The Morgan fingerprint density at radius 2 is 2.20 bits per heavy atom. The Bertz CT molecular complexity index is 450. The predicted octanol–water partition coefficient (Wildman–Crippen LogP) is 2.27. The smallest absolute Gasteiger partial charge is 0.347 e. The van der Waals surface area contributed by atoms with E-state index in [0.717, 1.165) is 11.3 Å². The zero-order chi connectivity index (χ0) is 11.2. The van der Waals surface area contributed by atoms with Gasteiger partial charge in [-0.1, -0.05) is 0 Å². The lowest BCUT2D eigenvalue weighted by atomic mass is 10.2. The first-order chi connectivity index (χ1) is 6.92. The number of rotatable bonds is 1. The minimum atomic E-state index is -0.944. The van der Waals surface area contributed by atoms with Gasteiger partial charge in [0.25, 0.3) is 0 Å². The Morgan fingerprint density at radius 3 is 2.80 bits per heavy atom. The van der Waals surface area contributed by atoms with E-state index in [1.165, 1.54) is 11.8 Å². The van der Waals surface area contributed by atoms with Crippen molar-refractivity contribution in [3.8, 4) is 0 Å². The van der Waals surface area contributed by atoms with E-state index in [2.05, 4.69) is 5.32 Å². The third-order valence-corrected chi connectivity index (χ3v) is 4.51. The first kappa shape index (κ1) is 10.5. The van der Waals surface area contributed by atoms with Crippen LogP contribution in [0.3, 0.4) is 0 Å². The van der Waals surface area contributed by atoms with Crippen LogP contribution < -0.4 is 5.32 Å². The van der Waals surface area contributed by atoms with Crippen LogP contribution >= 0.6 is 23.1 Å². The number of anilines is 1. The first-order valence-corrected chi connectivity index (χ1v) is 5.96. The van der Waals surface area contributed by atoms with Crippen molar-refractivity contribution in [3.05, 3.63) is 10.3 Å². The van der Waals surface area contributed by atoms with Gasteiger partial charge in [-0.05, 0) is 13.8 Å². The highest BCUT2D eigenvalue weighted by molar-refractivity contribution is 8.01. The minimum absolute atomic E-state index is 0.0882. The zero-order valence-corrected chi connectivity index (χ0v) is 9.79. The summed E-state index contributed by atoms with van der Waals surface area (Å²) >= 11 is 2.44. The van der Waals surface area contributed by atoms with Crippen LogP contribution in [0.1, 0.15) is 23.5 Å².